The molecule has 0 aliphatic rings. The molecule has 122 valence electrons. The van der Waals surface area contributed by atoms with Crippen molar-refractivity contribution in [3.63, 3.8) is 0 Å². The highest BCUT2D eigenvalue weighted by molar-refractivity contribution is 8.01. The number of nitrogens with two attached hydrogens (primary N) is 1. The van der Waals surface area contributed by atoms with E-state index in [9.17, 15) is 14.0 Å². The van der Waals surface area contributed by atoms with E-state index in [2.05, 4.69) is 10.3 Å². The van der Waals surface area contributed by atoms with Crippen LogP contribution in [0.15, 0.2) is 28.5 Å². The first-order valence-electron chi connectivity index (χ1n) is 6.87. The van der Waals surface area contributed by atoms with E-state index in [0.29, 0.717) is 17.1 Å². The standard InChI is InChI=1S/C15H16FN3O2S2/c1-9-14(22-8-12(17)20)23-15(18-9)19-13(21)7-6-10-4-2-3-5-11(10)16/h2-5H,6-8H2,1H3,(H2,17,20)(H,18,19,21). The maximum atomic E-state index is 13.5. The molecule has 0 aliphatic carbocycles. The summed E-state index contributed by atoms with van der Waals surface area (Å²) >= 11 is 2.59. The third-order valence-electron chi connectivity index (χ3n) is 2.93. The van der Waals surface area contributed by atoms with Crippen molar-refractivity contribution in [2.24, 2.45) is 5.73 Å². The number of thiazole rings is 1. The molecule has 2 amide bonds. The highest BCUT2D eigenvalue weighted by Crippen LogP contribution is 2.31. The van der Waals surface area contributed by atoms with Crippen molar-refractivity contribution in [1.82, 2.24) is 4.98 Å². The Morgan fingerprint density at radius 3 is 2.83 bits per heavy atom. The third kappa shape index (κ3) is 5.33. The zero-order valence-corrected chi connectivity index (χ0v) is 14.1. The Bertz CT molecular complexity index is 718. The molecular weight excluding hydrogens is 337 g/mol. The second kappa shape index (κ2) is 8.07. The Morgan fingerprint density at radius 2 is 2.13 bits per heavy atom. The van der Waals surface area contributed by atoms with Gasteiger partial charge in [-0.3, -0.25) is 9.59 Å². The Morgan fingerprint density at radius 1 is 1.39 bits per heavy atom. The lowest BCUT2D eigenvalue weighted by Crippen LogP contribution is -2.12. The van der Waals surface area contributed by atoms with Crippen molar-refractivity contribution >= 4 is 40.0 Å². The van der Waals surface area contributed by atoms with Crippen molar-refractivity contribution in [2.75, 3.05) is 11.1 Å². The van der Waals surface area contributed by atoms with Crippen molar-refractivity contribution in [3.8, 4) is 0 Å². The Balaban J connectivity index is 1.89. The smallest absolute Gasteiger partial charge is 0.227 e. The minimum Gasteiger partial charge on any atom is -0.369 e. The topological polar surface area (TPSA) is 85.1 Å². The maximum absolute atomic E-state index is 13.5. The molecule has 3 N–H and O–H groups in total. The van der Waals surface area contributed by atoms with E-state index < -0.39 is 5.91 Å². The number of hydrogen-bond acceptors (Lipinski definition) is 5. The Kier molecular flexibility index (Phi) is 6.12. The maximum Gasteiger partial charge on any atom is 0.227 e. The van der Waals surface area contributed by atoms with E-state index in [-0.39, 0.29) is 23.9 Å². The summed E-state index contributed by atoms with van der Waals surface area (Å²) in [5, 5.41) is 3.16. The molecule has 0 aliphatic heterocycles. The van der Waals surface area contributed by atoms with Crippen LogP contribution in [0, 0.1) is 12.7 Å². The molecule has 0 unspecified atom stereocenters. The minimum absolute atomic E-state index is 0.170. The first-order valence-corrected chi connectivity index (χ1v) is 8.67. The molecule has 0 saturated heterocycles. The number of carbonyl (C=O) groups is 2. The number of amides is 2. The number of benzene rings is 1. The summed E-state index contributed by atoms with van der Waals surface area (Å²) in [4.78, 5) is 27.0. The Hall–Kier alpha value is -1.93. The lowest BCUT2D eigenvalue weighted by atomic mass is 10.1. The number of primary amides is 1. The molecule has 0 fully saturated rings. The summed E-state index contributed by atoms with van der Waals surface area (Å²) in [5.74, 6) is -0.772. The summed E-state index contributed by atoms with van der Waals surface area (Å²) in [5.41, 5.74) is 6.36. The fraction of sp³-hybridized carbons (Fsp3) is 0.267. The predicted octanol–water partition coefficient (Wildman–Crippen LogP) is 2.74. The van der Waals surface area contributed by atoms with Gasteiger partial charge in [-0.1, -0.05) is 29.5 Å². The van der Waals surface area contributed by atoms with E-state index in [0.717, 1.165) is 9.90 Å². The zero-order valence-electron chi connectivity index (χ0n) is 12.5. The van der Waals surface area contributed by atoms with Crippen molar-refractivity contribution in [3.05, 3.63) is 41.3 Å². The molecule has 0 atom stereocenters. The van der Waals surface area contributed by atoms with Crippen LogP contribution in [0.25, 0.3) is 0 Å². The minimum atomic E-state index is -0.404. The average Bonchev–Trinajstić information content (AvgIpc) is 2.84. The van der Waals surface area contributed by atoms with Crippen LogP contribution in [0.4, 0.5) is 9.52 Å². The molecule has 0 bridgehead atoms. The lowest BCUT2D eigenvalue weighted by molar-refractivity contribution is -0.116. The number of carbonyl (C=O) groups excluding carboxylic acids is 2. The van der Waals surface area contributed by atoms with Crippen LogP contribution >= 0.6 is 23.1 Å². The van der Waals surface area contributed by atoms with Crippen molar-refractivity contribution < 1.29 is 14.0 Å². The van der Waals surface area contributed by atoms with Gasteiger partial charge in [-0.25, -0.2) is 9.37 Å². The summed E-state index contributed by atoms with van der Waals surface area (Å²) in [6, 6.07) is 6.39. The molecule has 2 rings (SSSR count). The number of halogens is 1. The van der Waals surface area contributed by atoms with Gasteiger partial charge in [0.15, 0.2) is 5.13 Å². The van der Waals surface area contributed by atoms with Crippen molar-refractivity contribution in [2.45, 2.75) is 24.0 Å². The summed E-state index contributed by atoms with van der Waals surface area (Å²) < 4.78 is 14.3. The highest BCUT2D eigenvalue weighted by atomic mass is 32.2. The monoisotopic (exact) mass is 353 g/mol. The van der Waals surface area contributed by atoms with Gasteiger partial charge in [-0.05, 0) is 25.0 Å². The molecule has 0 radical (unpaired) electrons. The summed E-state index contributed by atoms with van der Waals surface area (Å²) in [6.45, 7) is 1.80. The molecule has 1 heterocycles. The first kappa shape index (κ1) is 17.4. The number of hydrogen-bond donors (Lipinski definition) is 2. The molecule has 2 aromatic rings. The van der Waals surface area contributed by atoms with Gasteiger partial charge in [0, 0.05) is 6.42 Å². The molecule has 1 aromatic heterocycles. The largest absolute Gasteiger partial charge is 0.369 e. The van der Waals surface area contributed by atoms with Crippen LogP contribution < -0.4 is 11.1 Å². The molecule has 0 saturated carbocycles. The van der Waals surface area contributed by atoms with E-state index in [1.807, 2.05) is 0 Å². The summed E-state index contributed by atoms with van der Waals surface area (Å²) in [7, 11) is 0. The normalized spacial score (nSPS) is 10.5. The molecule has 5 nitrogen and oxygen atoms in total. The van der Waals surface area contributed by atoms with Crippen LogP contribution in [-0.4, -0.2) is 22.6 Å². The number of aromatic nitrogens is 1. The molecule has 1 aromatic carbocycles. The Labute approximate surface area is 141 Å². The second-order valence-corrected chi connectivity index (χ2v) is 7.03. The van der Waals surface area contributed by atoms with Gasteiger partial charge >= 0.3 is 0 Å². The van der Waals surface area contributed by atoms with E-state index >= 15 is 0 Å². The predicted molar refractivity (Wildman–Crippen MR) is 90.1 cm³/mol. The van der Waals surface area contributed by atoms with Crippen LogP contribution in [0.3, 0.4) is 0 Å². The van der Waals surface area contributed by atoms with Crippen LogP contribution in [-0.2, 0) is 16.0 Å². The van der Waals surface area contributed by atoms with E-state index in [1.165, 1.54) is 29.2 Å². The van der Waals surface area contributed by atoms with Gasteiger partial charge in [-0.2, -0.15) is 0 Å². The van der Waals surface area contributed by atoms with Gasteiger partial charge in [0.05, 0.1) is 15.7 Å². The zero-order chi connectivity index (χ0) is 16.8. The SMILES string of the molecule is Cc1nc(NC(=O)CCc2ccccc2F)sc1SCC(N)=O. The molecule has 8 heteroatoms. The average molecular weight is 353 g/mol. The number of rotatable bonds is 7. The highest BCUT2D eigenvalue weighted by Gasteiger charge is 2.12. The summed E-state index contributed by atoms with van der Waals surface area (Å²) in [6.07, 6.45) is 0.496. The van der Waals surface area contributed by atoms with E-state index in [1.54, 1.807) is 25.1 Å². The van der Waals surface area contributed by atoms with Gasteiger partial charge in [0.2, 0.25) is 11.8 Å². The van der Waals surface area contributed by atoms with Crippen LogP contribution in [0.1, 0.15) is 17.7 Å². The lowest BCUT2D eigenvalue weighted by Gasteiger charge is -2.03. The van der Waals surface area contributed by atoms with Gasteiger partial charge < -0.3 is 11.1 Å². The van der Waals surface area contributed by atoms with Gasteiger partial charge in [0.1, 0.15) is 5.82 Å². The van der Waals surface area contributed by atoms with Gasteiger partial charge in [0.25, 0.3) is 0 Å². The fourth-order valence-electron chi connectivity index (χ4n) is 1.84. The quantitative estimate of drug-likeness (QED) is 0.750. The number of nitrogens with zero attached hydrogens (tertiary/aromatic N) is 1. The van der Waals surface area contributed by atoms with E-state index in [4.69, 9.17) is 5.73 Å². The third-order valence-corrected chi connectivity index (χ3v) is 5.38. The fourth-order valence-corrected chi connectivity index (χ4v) is 3.73. The number of nitrogens with one attached hydrogen (secondary N) is 1. The molecule has 23 heavy (non-hydrogen) atoms. The number of aryl methyl sites for hydroxylation is 2. The van der Waals surface area contributed by atoms with Crippen LogP contribution in [0.5, 0.6) is 0 Å². The molecular formula is C15H16FN3O2S2. The molecule has 0 spiro atoms. The number of thioether (sulfide) groups is 1. The van der Waals surface area contributed by atoms with Crippen molar-refractivity contribution in [1.29, 1.82) is 0 Å². The number of anilines is 1. The second-order valence-electron chi connectivity index (χ2n) is 4.79. The van der Waals surface area contributed by atoms with Gasteiger partial charge in [-0.15, -0.1) is 11.8 Å². The van der Waals surface area contributed by atoms with Crippen LogP contribution in [0.2, 0.25) is 0 Å². The first-order chi connectivity index (χ1) is 11.0.